The van der Waals surface area contributed by atoms with Gasteiger partial charge in [-0.2, -0.15) is 0 Å². The van der Waals surface area contributed by atoms with E-state index in [1.54, 1.807) is 0 Å². The van der Waals surface area contributed by atoms with Gasteiger partial charge >= 0.3 is 0 Å². The normalized spacial score (nSPS) is 10.7. The summed E-state index contributed by atoms with van der Waals surface area (Å²) in [6.45, 7) is 17.4. The minimum absolute atomic E-state index is 0.976. The summed E-state index contributed by atoms with van der Waals surface area (Å²) in [5, 5.41) is 3.36. The van der Waals surface area contributed by atoms with Crippen molar-refractivity contribution >= 4 is 0 Å². The predicted molar refractivity (Wildman–Crippen MR) is 74.2 cm³/mol. The summed E-state index contributed by atoms with van der Waals surface area (Å²) < 4.78 is 0. The fraction of sp³-hybridized carbons (Fsp3) is 0.714. The Balaban J connectivity index is -0.000000318. The molecule has 0 saturated heterocycles. The van der Waals surface area contributed by atoms with Crippen LogP contribution >= 0.6 is 0 Å². The second kappa shape index (κ2) is 18.9. The molecule has 1 nitrogen and oxygen atoms in total. The molecule has 0 aliphatic rings. The summed E-state index contributed by atoms with van der Waals surface area (Å²) in [4.78, 5) is 0. The zero-order valence-corrected chi connectivity index (χ0v) is 12.1. The summed E-state index contributed by atoms with van der Waals surface area (Å²) in [7, 11) is 0. The van der Waals surface area contributed by atoms with Gasteiger partial charge in [-0.15, -0.1) is 0 Å². The van der Waals surface area contributed by atoms with E-state index in [1.807, 2.05) is 27.7 Å². The van der Waals surface area contributed by atoms with E-state index in [0.29, 0.717) is 0 Å². The molecule has 0 heterocycles. The highest BCUT2D eigenvalue weighted by molar-refractivity contribution is 5.04. The van der Waals surface area contributed by atoms with Crippen LogP contribution in [0.15, 0.2) is 23.4 Å². The van der Waals surface area contributed by atoms with E-state index in [9.17, 15) is 0 Å². The molecule has 0 unspecified atom stereocenters. The van der Waals surface area contributed by atoms with Gasteiger partial charge in [0.1, 0.15) is 0 Å². The minimum Gasteiger partial charge on any atom is -0.385 e. The van der Waals surface area contributed by atoms with Gasteiger partial charge in [-0.05, 0) is 27.2 Å². The highest BCUT2D eigenvalue weighted by atomic mass is 14.9. The Morgan fingerprint density at radius 3 is 1.73 bits per heavy atom. The zero-order chi connectivity index (χ0) is 12.7. The molecule has 0 spiro atoms. The number of allylic oxidation sites excluding steroid dienone is 3. The molecule has 0 amide bonds. The Kier molecular flexibility index (Phi) is 25.0. The molecule has 0 rings (SSSR count). The smallest absolute Gasteiger partial charge is 0.0354 e. The molecule has 0 aromatic carbocycles. The Morgan fingerprint density at radius 1 is 1.00 bits per heavy atom. The largest absolute Gasteiger partial charge is 0.385 e. The first-order valence-corrected chi connectivity index (χ1v) is 6.25. The quantitative estimate of drug-likeness (QED) is 0.654. The average molecular weight is 213 g/mol. The molecular weight excluding hydrogens is 182 g/mol. The molecule has 0 saturated carbocycles. The highest BCUT2D eigenvalue weighted by Gasteiger charge is 1.90. The molecule has 1 heteroatoms. The molecule has 92 valence electrons. The lowest BCUT2D eigenvalue weighted by molar-refractivity contribution is 0.816. The fourth-order valence-electron chi connectivity index (χ4n) is 0.786. The summed E-state index contributed by atoms with van der Waals surface area (Å²) in [6.07, 6.45) is 5.35. The van der Waals surface area contributed by atoms with Crippen LogP contribution in [0, 0.1) is 0 Å². The van der Waals surface area contributed by atoms with Crippen molar-refractivity contribution in [3.63, 3.8) is 0 Å². The van der Waals surface area contributed by atoms with E-state index in [4.69, 9.17) is 0 Å². The van der Waals surface area contributed by atoms with Crippen LogP contribution in [0.25, 0.3) is 0 Å². The first-order valence-electron chi connectivity index (χ1n) is 6.25. The van der Waals surface area contributed by atoms with E-state index in [2.05, 4.69) is 45.2 Å². The van der Waals surface area contributed by atoms with Crippen LogP contribution in [-0.4, -0.2) is 6.54 Å². The van der Waals surface area contributed by atoms with Gasteiger partial charge < -0.3 is 5.32 Å². The number of hydrogen-bond donors (Lipinski definition) is 1. The molecule has 0 atom stereocenters. The fourth-order valence-corrected chi connectivity index (χ4v) is 0.786. The van der Waals surface area contributed by atoms with Crippen molar-refractivity contribution < 1.29 is 0 Å². The third-order valence-corrected chi connectivity index (χ3v) is 1.82. The van der Waals surface area contributed by atoms with Crippen LogP contribution in [0.5, 0.6) is 0 Å². The summed E-state index contributed by atoms with van der Waals surface area (Å²) >= 11 is 0. The minimum atomic E-state index is 0.976. The van der Waals surface area contributed by atoms with Gasteiger partial charge in [0, 0.05) is 12.2 Å². The van der Waals surface area contributed by atoms with Crippen molar-refractivity contribution in [1.82, 2.24) is 5.32 Å². The first-order chi connectivity index (χ1) is 7.24. The number of nitrogens with one attached hydrogen (secondary N) is 1. The Hall–Kier alpha value is -0.720. The Bertz CT molecular complexity index is 155. The number of rotatable bonds is 4. The molecular formula is C14H31N. The van der Waals surface area contributed by atoms with Crippen molar-refractivity contribution in [1.29, 1.82) is 0 Å². The molecule has 0 bridgehead atoms. The molecule has 15 heavy (non-hydrogen) atoms. The second-order valence-corrected chi connectivity index (χ2v) is 2.66. The monoisotopic (exact) mass is 213 g/mol. The van der Waals surface area contributed by atoms with Crippen LogP contribution in [0.1, 0.15) is 61.8 Å². The van der Waals surface area contributed by atoms with E-state index >= 15 is 0 Å². The standard InChI is InChI=1S/C10H19N.2C2H6/c1-5-9(4)8-11-10(6-2)7-3;2*1-2/h5-6,11H,7-8H2,1-4H3;2*1-2H3/b9-5?,10-6+;;. The van der Waals surface area contributed by atoms with Crippen LogP contribution in [-0.2, 0) is 0 Å². The van der Waals surface area contributed by atoms with Crippen LogP contribution in [0.2, 0.25) is 0 Å². The lowest BCUT2D eigenvalue weighted by Gasteiger charge is -2.07. The van der Waals surface area contributed by atoms with Gasteiger partial charge in [0.2, 0.25) is 0 Å². The zero-order valence-electron chi connectivity index (χ0n) is 12.1. The SMILES string of the molecule is CC.CC.CC=C(C)CN/C(=C/C)CC. The maximum absolute atomic E-state index is 3.36. The Morgan fingerprint density at radius 2 is 1.47 bits per heavy atom. The van der Waals surface area contributed by atoms with Gasteiger partial charge in [-0.1, -0.05) is 52.3 Å². The number of hydrogen-bond acceptors (Lipinski definition) is 1. The third-order valence-electron chi connectivity index (χ3n) is 1.82. The summed E-state index contributed by atoms with van der Waals surface area (Å²) in [5.74, 6) is 0. The van der Waals surface area contributed by atoms with Crippen LogP contribution in [0.3, 0.4) is 0 Å². The molecule has 0 aliphatic heterocycles. The lowest BCUT2D eigenvalue weighted by Crippen LogP contribution is -2.14. The highest BCUT2D eigenvalue weighted by Crippen LogP contribution is 1.96. The molecule has 0 radical (unpaired) electrons. The van der Waals surface area contributed by atoms with Crippen molar-refractivity contribution in [2.24, 2.45) is 0 Å². The van der Waals surface area contributed by atoms with Crippen molar-refractivity contribution in [2.75, 3.05) is 6.54 Å². The molecule has 0 fully saturated rings. The predicted octanol–water partition coefficient (Wildman–Crippen LogP) is 4.91. The van der Waals surface area contributed by atoms with E-state index in [-0.39, 0.29) is 0 Å². The molecule has 0 aromatic rings. The van der Waals surface area contributed by atoms with E-state index < -0.39 is 0 Å². The summed E-state index contributed by atoms with van der Waals surface area (Å²) in [6, 6.07) is 0. The van der Waals surface area contributed by atoms with Crippen molar-refractivity contribution in [3.8, 4) is 0 Å². The average Bonchev–Trinajstić information content (AvgIpc) is 2.35. The van der Waals surface area contributed by atoms with Crippen LogP contribution in [0.4, 0.5) is 0 Å². The maximum atomic E-state index is 3.36. The van der Waals surface area contributed by atoms with E-state index in [0.717, 1.165) is 13.0 Å². The molecule has 0 aromatic heterocycles. The molecule has 0 aliphatic carbocycles. The lowest BCUT2D eigenvalue weighted by atomic mass is 10.2. The third kappa shape index (κ3) is 16.0. The van der Waals surface area contributed by atoms with Crippen LogP contribution < -0.4 is 5.32 Å². The second-order valence-electron chi connectivity index (χ2n) is 2.66. The molecule has 1 N–H and O–H groups in total. The Labute approximate surface area is 97.7 Å². The van der Waals surface area contributed by atoms with Gasteiger partial charge in [0.05, 0.1) is 0 Å². The van der Waals surface area contributed by atoms with Gasteiger partial charge in [0.15, 0.2) is 0 Å². The van der Waals surface area contributed by atoms with Crippen molar-refractivity contribution in [3.05, 3.63) is 23.4 Å². The van der Waals surface area contributed by atoms with Gasteiger partial charge in [-0.25, -0.2) is 0 Å². The van der Waals surface area contributed by atoms with Gasteiger partial charge in [0.25, 0.3) is 0 Å². The first kappa shape index (κ1) is 19.8. The topological polar surface area (TPSA) is 12.0 Å². The van der Waals surface area contributed by atoms with Gasteiger partial charge in [-0.3, -0.25) is 0 Å². The summed E-state index contributed by atoms with van der Waals surface area (Å²) in [5.41, 5.74) is 2.71. The van der Waals surface area contributed by atoms with E-state index in [1.165, 1.54) is 11.3 Å². The maximum Gasteiger partial charge on any atom is 0.0354 e. The van der Waals surface area contributed by atoms with Crippen molar-refractivity contribution in [2.45, 2.75) is 61.8 Å².